The molecule has 1 amide bonds. The molecule has 0 saturated carbocycles. The van der Waals surface area contributed by atoms with Gasteiger partial charge in [0.1, 0.15) is 17.0 Å². The average Bonchev–Trinajstić information content (AvgIpc) is 3.16. The maximum absolute atomic E-state index is 13.4. The molecule has 188 valence electrons. The van der Waals surface area contributed by atoms with Crippen molar-refractivity contribution in [1.82, 2.24) is 9.55 Å². The van der Waals surface area contributed by atoms with Crippen LogP contribution in [0.2, 0.25) is 0 Å². The fourth-order valence-electron chi connectivity index (χ4n) is 3.80. The SMILES string of the molecule is COc1c(C)cnc(CN(C(=O)OC(C)(C)C)c2cccc3c2ccn3C(=O)OC(C)(C)C)c1C. The van der Waals surface area contributed by atoms with Crippen LogP contribution in [0, 0.1) is 13.8 Å². The molecular weight excluding hydrogens is 446 g/mol. The van der Waals surface area contributed by atoms with E-state index in [-0.39, 0.29) is 6.54 Å². The second kappa shape index (κ2) is 9.60. The maximum Gasteiger partial charge on any atom is 0.418 e. The monoisotopic (exact) mass is 481 g/mol. The van der Waals surface area contributed by atoms with Gasteiger partial charge in [-0.3, -0.25) is 14.5 Å². The van der Waals surface area contributed by atoms with Crippen LogP contribution in [0.15, 0.2) is 36.7 Å². The fraction of sp³-hybridized carbons (Fsp3) is 0.444. The number of hydrogen-bond acceptors (Lipinski definition) is 6. The van der Waals surface area contributed by atoms with Crippen molar-refractivity contribution in [2.75, 3.05) is 12.0 Å². The number of aryl methyl sites for hydroxylation is 1. The van der Waals surface area contributed by atoms with Crippen molar-refractivity contribution in [1.29, 1.82) is 0 Å². The summed E-state index contributed by atoms with van der Waals surface area (Å²) in [5.74, 6) is 0.730. The predicted octanol–water partition coefficient (Wildman–Crippen LogP) is 6.39. The number of anilines is 1. The van der Waals surface area contributed by atoms with Crippen LogP contribution in [0.4, 0.5) is 15.3 Å². The van der Waals surface area contributed by atoms with Crippen molar-refractivity contribution in [3.8, 4) is 5.75 Å². The van der Waals surface area contributed by atoms with Crippen molar-refractivity contribution in [2.45, 2.75) is 73.1 Å². The quantitative estimate of drug-likeness (QED) is 0.430. The first-order chi connectivity index (χ1) is 16.2. The number of ether oxygens (including phenoxy) is 3. The molecule has 1 aromatic carbocycles. The van der Waals surface area contributed by atoms with Gasteiger partial charge >= 0.3 is 12.2 Å². The molecule has 0 radical (unpaired) electrons. The number of aromatic nitrogens is 2. The minimum atomic E-state index is -0.695. The van der Waals surface area contributed by atoms with Gasteiger partial charge in [0.2, 0.25) is 0 Å². The number of rotatable bonds is 4. The lowest BCUT2D eigenvalue weighted by Gasteiger charge is -2.28. The highest BCUT2D eigenvalue weighted by Gasteiger charge is 2.28. The lowest BCUT2D eigenvalue weighted by Crippen LogP contribution is -2.37. The highest BCUT2D eigenvalue weighted by Crippen LogP contribution is 2.32. The molecule has 0 bridgehead atoms. The summed E-state index contributed by atoms with van der Waals surface area (Å²) in [7, 11) is 1.62. The lowest BCUT2D eigenvalue weighted by molar-refractivity contribution is 0.0541. The number of carbonyl (C=O) groups excluding carboxylic acids is 2. The second-order valence-electron chi connectivity index (χ2n) is 10.5. The van der Waals surface area contributed by atoms with Crippen molar-refractivity contribution in [2.24, 2.45) is 0 Å². The Kier molecular flexibility index (Phi) is 7.15. The highest BCUT2D eigenvalue weighted by atomic mass is 16.6. The Hall–Kier alpha value is -3.55. The third kappa shape index (κ3) is 5.93. The molecule has 3 rings (SSSR count). The Morgan fingerprint density at radius 1 is 1.00 bits per heavy atom. The molecule has 0 saturated heterocycles. The standard InChI is InChI=1S/C27H35N3O5/c1-17-15-28-20(18(2)23(17)33-9)16-30(25(32)35-27(6,7)8)22-12-10-11-21-19(22)13-14-29(21)24(31)34-26(3,4)5/h10-15H,16H2,1-9H3. The number of pyridine rings is 1. The Morgan fingerprint density at radius 2 is 1.66 bits per heavy atom. The third-order valence-corrected chi connectivity index (χ3v) is 5.26. The van der Waals surface area contributed by atoms with Gasteiger partial charge in [0.15, 0.2) is 0 Å². The largest absolute Gasteiger partial charge is 0.496 e. The van der Waals surface area contributed by atoms with Crippen LogP contribution >= 0.6 is 0 Å². The Morgan fingerprint density at radius 3 is 2.26 bits per heavy atom. The Bertz CT molecular complexity index is 1250. The number of benzene rings is 1. The summed E-state index contributed by atoms with van der Waals surface area (Å²) in [6.45, 7) is 14.9. The van der Waals surface area contributed by atoms with E-state index in [9.17, 15) is 9.59 Å². The fourth-order valence-corrected chi connectivity index (χ4v) is 3.80. The summed E-state index contributed by atoms with van der Waals surface area (Å²) < 4.78 is 18.3. The van der Waals surface area contributed by atoms with Crippen molar-refractivity contribution < 1.29 is 23.8 Å². The van der Waals surface area contributed by atoms with Crippen LogP contribution < -0.4 is 9.64 Å². The summed E-state index contributed by atoms with van der Waals surface area (Å²) in [6.07, 6.45) is 2.37. The van der Waals surface area contributed by atoms with Crippen LogP contribution in [0.25, 0.3) is 10.9 Å². The van der Waals surface area contributed by atoms with E-state index in [1.165, 1.54) is 9.47 Å². The molecule has 0 aliphatic heterocycles. The van der Waals surface area contributed by atoms with Gasteiger partial charge in [0.05, 0.1) is 30.6 Å². The van der Waals surface area contributed by atoms with E-state index in [0.29, 0.717) is 22.3 Å². The number of carbonyl (C=O) groups is 2. The molecule has 0 aliphatic rings. The molecular formula is C27H35N3O5. The maximum atomic E-state index is 13.4. The molecule has 0 fully saturated rings. The number of fused-ring (bicyclic) bond motifs is 1. The van der Waals surface area contributed by atoms with Crippen molar-refractivity contribution in [3.63, 3.8) is 0 Å². The van der Waals surface area contributed by atoms with E-state index >= 15 is 0 Å². The first-order valence-electron chi connectivity index (χ1n) is 11.5. The molecule has 0 N–H and O–H groups in total. The Labute approximate surface area is 206 Å². The van der Waals surface area contributed by atoms with E-state index in [2.05, 4.69) is 4.98 Å². The highest BCUT2D eigenvalue weighted by molar-refractivity contribution is 6.03. The van der Waals surface area contributed by atoms with Gasteiger partial charge < -0.3 is 14.2 Å². The van der Waals surface area contributed by atoms with Gasteiger partial charge in [0, 0.05) is 28.9 Å². The third-order valence-electron chi connectivity index (χ3n) is 5.26. The molecule has 0 spiro atoms. The zero-order valence-electron chi connectivity index (χ0n) is 22.1. The van der Waals surface area contributed by atoms with Crippen molar-refractivity contribution >= 4 is 28.8 Å². The lowest BCUT2D eigenvalue weighted by atomic mass is 10.1. The van der Waals surface area contributed by atoms with Crippen LogP contribution in [-0.4, -0.2) is 40.0 Å². The average molecular weight is 482 g/mol. The first kappa shape index (κ1) is 26.1. The van der Waals surface area contributed by atoms with E-state index in [1.807, 2.05) is 67.5 Å². The summed E-state index contributed by atoms with van der Waals surface area (Å²) in [5, 5.41) is 0.709. The van der Waals surface area contributed by atoms with Crippen LogP contribution in [0.3, 0.4) is 0 Å². The normalized spacial score (nSPS) is 11.9. The number of hydrogen-bond donors (Lipinski definition) is 0. The van der Waals surface area contributed by atoms with Gasteiger partial charge in [-0.15, -0.1) is 0 Å². The second-order valence-corrected chi connectivity index (χ2v) is 10.5. The van der Waals surface area contributed by atoms with E-state index in [4.69, 9.17) is 14.2 Å². The van der Waals surface area contributed by atoms with Gasteiger partial charge in [-0.05, 0) is 73.6 Å². The molecule has 3 aromatic rings. The summed E-state index contributed by atoms with van der Waals surface area (Å²) in [6, 6.07) is 7.23. The number of methoxy groups -OCH3 is 1. The smallest absolute Gasteiger partial charge is 0.418 e. The molecule has 2 aromatic heterocycles. The summed E-state index contributed by atoms with van der Waals surface area (Å²) in [5.41, 5.74) is 2.33. The number of amides is 1. The minimum absolute atomic E-state index is 0.161. The molecule has 0 unspecified atom stereocenters. The zero-order valence-corrected chi connectivity index (χ0v) is 22.1. The van der Waals surface area contributed by atoms with Gasteiger partial charge in [-0.25, -0.2) is 9.59 Å². The molecule has 0 aliphatic carbocycles. The topological polar surface area (TPSA) is 82.9 Å². The van der Waals surface area contributed by atoms with Gasteiger partial charge in [0.25, 0.3) is 0 Å². The Balaban J connectivity index is 2.12. The van der Waals surface area contributed by atoms with Crippen LogP contribution in [-0.2, 0) is 16.0 Å². The van der Waals surface area contributed by atoms with Gasteiger partial charge in [-0.1, -0.05) is 6.07 Å². The summed E-state index contributed by atoms with van der Waals surface area (Å²) >= 11 is 0. The molecule has 35 heavy (non-hydrogen) atoms. The zero-order chi connectivity index (χ0) is 26.1. The molecule has 8 nitrogen and oxygen atoms in total. The van der Waals surface area contributed by atoms with E-state index in [0.717, 1.165) is 16.9 Å². The molecule has 8 heteroatoms. The van der Waals surface area contributed by atoms with E-state index in [1.54, 1.807) is 31.6 Å². The molecule has 2 heterocycles. The van der Waals surface area contributed by atoms with E-state index < -0.39 is 23.4 Å². The minimum Gasteiger partial charge on any atom is -0.496 e. The number of nitrogens with zero attached hydrogens (tertiary/aromatic N) is 3. The first-order valence-corrected chi connectivity index (χ1v) is 11.5. The summed E-state index contributed by atoms with van der Waals surface area (Å²) in [4.78, 5) is 32.3. The molecule has 0 atom stereocenters. The predicted molar refractivity (Wildman–Crippen MR) is 136 cm³/mol. The van der Waals surface area contributed by atoms with Crippen LogP contribution in [0.1, 0.15) is 58.4 Å². The van der Waals surface area contributed by atoms with Crippen LogP contribution in [0.5, 0.6) is 5.75 Å². The van der Waals surface area contributed by atoms with Gasteiger partial charge in [-0.2, -0.15) is 0 Å². The van der Waals surface area contributed by atoms with Crippen molar-refractivity contribution in [3.05, 3.63) is 53.5 Å².